The van der Waals surface area contributed by atoms with Gasteiger partial charge in [-0.2, -0.15) is 9.97 Å². The SMILES string of the molecule is O=C(O)c1cccc(-c2noc(-c3ccccc3F)n2)c1.O=C([O-])c1cccc(-c2noc(-c3ccccc3)n2)c1.[Na+]. The molecule has 4 aromatic carbocycles. The zero-order valence-corrected chi connectivity index (χ0v) is 24.0. The zero-order valence-electron chi connectivity index (χ0n) is 22.0. The summed E-state index contributed by atoms with van der Waals surface area (Å²) < 4.78 is 23.9. The topological polar surface area (TPSA) is 155 Å². The van der Waals surface area contributed by atoms with Gasteiger partial charge in [0.15, 0.2) is 0 Å². The fourth-order valence-corrected chi connectivity index (χ4v) is 3.70. The fraction of sp³-hybridized carbons (Fsp3) is 0. The summed E-state index contributed by atoms with van der Waals surface area (Å²) in [7, 11) is 0. The molecule has 10 nitrogen and oxygen atoms in total. The van der Waals surface area contributed by atoms with E-state index in [9.17, 15) is 19.1 Å². The van der Waals surface area contributed by atoms with Gasteiger partial charge in [0.05, 0.1) is 17.1 Å². The maximum absolute atomic E-state index is 13.7. The number of aromatic carboxylic acids is 2. The maximum atomic E-state index is 13.7. The summed E-state index contributed by atoms with van der Waals surface area (Å²) in [5.41, 5.74) is 2.25. The second kappa shape index (κ2) is 13.6. The van der Waals surface area contributed by atoms with Crippen LogP contribution in [0.3, 0.4) is 0 Å². The first-order valence-electron chi connectivity index (χ1n) is 12.0. The van der Waals surface area contributed by atoms with Crippen LogP contribution in [0.15, 0.2) is 112 Å². The average Bonchev–Trinajstić information content (AvgIpc) is 3.70. The summed E-state index contributed by atoms with van der Waals surface area (Å²) in [5, 5.41) is 27.4. The van der Waals surface area contributed by atoms with Crippen LogP contribution in [0.5, 0.6) is 0 Å². The Kier molecular flexibility index (Phi) is 9.71. The third-order valence-electron chi connectivity index (χ3n) is 5.70. The van der Waals surface area contributed by atoms with E-state index in [1.54, 1.807) is 36.4 Å². The van der Waals surface area contributed by atoms with Gasteiger partial charge in [-0.3, -0.25) is 0 Å². The number of carboxylic acid groups (broad SMARTS) is 2. The van der Waals surface area contributed by atoms with Crippen molar-refractivity contribution in [2.75, 3.05) is 0 Å². The van der Waals surface area contributed by atoms with Crippen molar-refractivity contribution in [1.82, 2.24) is 20.3 Å². The van der Waals surface area contributed by atoms with Gasteiger partial charge in [-0.05, 0) is 48.0 Å². The number of nitrogens with zero attached hydrogens (tertiary/aromatic N) is 4. The molecule has 202 valence electrons. The quantitative estimate of drug-likeness (QED) is 0.293. The summed E-state index contributed by atoms with van der Waals surface area (Å²) in [6.07, 6.45) is 0. The maximum Gasteiger partial charge on any atom is 1.00 e. The van der Waals surface area contributed by atoms with E-state index in [2.05, 4.69) is 20.3 Å². The molecule has 2 aromatic heterocycles. The molecule has 0 saturated carbocycles. The van der Waals surface area contributed by atoms with Gasteiger partial charge in [0, 0.05) is 16.7 Å². The van der Waals surface area contributed by atoms with Gasteiger partial charge in [-0.1, -0.05) is 71.0 Å². The van der Waals surface area contributed by atoms with Crippen LogP contribution < -0.4 is 34.7 Å². The van der Waals surface area contributed by atoms with Crippen LogP contribution in [-0.2, 0) is 0 Å². The van der Waals surface area contributed by atoms with E-state index >= 15 is 0 Å². The molecule has 0 aliphatic heterocycles. The number of aromatic nitrogens is 4. The minimum absolute atomic E-state index is 0. The van der Waals surface area contributed by atoms with Crippen molar-refractivity contribution >= 4 is 11.9 Å². The molecule has 42 heavy (non-hydrogen) atoms. The molecule has 0 aliphatic rings. The summed E-state index contributed by atoms with van der Waals surface area (Å²) in [4.78, 5) is 30.1. The molecule has 0 fully saturated rings. The first kappa shape index (κ1) is 30.0. The van der Waals surface area contributed by atoms with Crippen LogP contribution in [0, 0.1) is 5.82 Å². The van der Waals surface area contributed by atoms with E-state index in [0.717, 1.165) is 5.56 Å². The smallest absolute Gasteiger partial charge is 0.545 e. The Morgan fingerprint density at radius 3 is 1.81 bits per heavy atom. The molecule has 2 heterocycles. The molecule has 0 bridgehead atoms. The first-order chi connectivity index (χ1) is 19.9. The second-order valence-electron chi connectivity index (χ2n) is 8.45. The monoisotopic (exact) mass is 572 g/mol. The van der Waals surface area contributed by atoms with E-state index in [1.165, 1.54) is 36.4 Å². The van der Waals surface area contributed by atoms with Crippen LogP contribution in [0.1, 0.15) is 20.7 Å². The average molecular weight is 572 g/mol. The third-order valence-corrected chi connectivity index (χ3v) is 5.70. The van der Waals surface area contributed by atoms with Gasteiger partial charge in [0.25, 0.3) is 11.8 Å². The van der Waals surface area contributed by atoms with E-state index in [-0.39, 0.29) is 58.0 Å². The molecule has 0 unspecified atom stereocenters. The van der Waals surface area contributed by atoms with Crippen molar-refractivity contribution in [1.29, 1.82) is 0 Å². The van der Waals surface area contributed by atoms with Crippen molar-refractivity contribution in [2.45, 2.75) is 0 Å². The van der Waals surface area contributed by atoms with Gasteiger partial charge in [-0.15, -0.1) is 0 Å². The standard InChI is InChI=1S/C15H9FN2O3.C15H10N2O3.Na/c16-12-7-2-1-6-11(12)14-17-13(18-21-14)9-4-3-5-10(8-9)15(19)20;18-15(19)12-8-4-7-11(9-12)13-16-14(20-17-13)10-5-2-1-3-6-10;/h1-8H,(H,19,20);1-9H,(H,18,19);/q;;+1/p-1. The normalized spacial score (nSPS) is 10.2. The fourth-order valence-electron chi connectivity index (χ4n) is 3.70. The van der Waals surface area contributed by atoms with E-state index in [4.69, 9.17) is 14.2 Å². The van der Waals surface area contributed by atoms with Crippen LogP contribution >= 0.6 is 0 Å². The molecule has 0 aliphatic carbocycles. The third kappa shape index (κ3) is 7.02. The summed E-state index contributed by atoms with van der Waals surface area (Å²) in [5.74, 6) is -1.77. The molecule has 0 saturated heterocycles. The molecular formula is C30H18FN4NaO6. The van der Waals surface area contributed by atoms with Crippen molar-refractivity contribution in [3.05, 3.63) is 120 Å². The van der Waals surface area contributed by atoms with E-state index in [1.807, 2.05) is 30.3 Å². The number of carbonyl (C=O) groups excluding carboxylic acids is 1. The molecule has 1 N–H and O–H groups in total. The predicted octanol–water partition coefficient (Wildman–Crippen LogP) is 2.01. The van der Waals surface area contributed by atoms with Gasteiger partial charge < -0.3 is 24.1 Å². The molecule has 0 radical (unpaired) electrons. The van der Waals surface area contributed by atoms with Gasteiger partial charge in [0.2, 0.25) is 11.6 Å². The minimum Gasteiger partial charge on any atom is -0.545 e. The minimum atomic E-state index is -1.24. The Bertz CT molecular complexity index is 1840. The Morgan fingerprint density at radius 1 is 0.667 bits per heavy atom. The van der Waals surface area contributed by atoms with Gasteiger partial charge in [0.1, 0.15) is 5.82 Å². The Morgan fingerprint density at radius 2 is 1.19 bits per heavy atom. The largest absolute Gasteiger partial charge is 1.00 e. The molecular weight excluding hydrogens is 554 g/mol. The van der Waals surface area contributed by atoms with Gasteiger partial charge in [-0.25, -0.2) is 9.18 Å². The summed E-state index contributed by atoms with van der Waals surface area (Å²) in [6, 6.07) is 27.8. The Labute approximate surface area is 259 Å². The summed E-state index contributed by atoms with van der Waals surface area (Å²) in [6.45, 7) is 0. The molecule has 0 amide bonds. The number of hydrogen-bond acceptors (Lipinski definition) is 9. The first-order valence-corrected chi connectivity index (χ1v) is 12.0. The summed E-state index contributed by atoms with van der Waals surface area (Å²) >= 11 is 0. The number of carboxylic acids is 2. The Balaban J connectivity index is 0.000000189. The van der Waals surface area contributed by atoms with Crippen molar-refractivity contribution < 1.29 is 62.8 Å². The van der Waals surface area contributed by atoms with Crippen LogP contribution in [0.25, 0.3) is 45.7 Å². The van der Waals surface area contributed by atoms with Crippen LogP contribution in [0.2, 0.25) is 0 Å². The molecule has 6 rings (SSSR count). The molecule has 0 atom stereocenters. The van der Waals surface area contributed by atoms with Crippen LogP contribution in [-0.4, -0.2) is 37.3 Å². The van der Waals surface area contributed by atoms with E-state index < -0.39 is 17.8 Å². The van der Waals surface area contributed by atoms with Crippen LogP contribution in [0.4, 0.5) is 4.39 Å². The number of carbonyl (C=O) groups is 2. The van der Waals surface area contributed by atoms with Crippen molar-refractivity contribution in [3.63, 3.8) is 0 Å². The van der Waals surface area contributed by atoms with Gasteiger partial charge >= 0.3 is 35.5 Å². The second-order valence-corrected chi connectivity index (χ2v) is 8.45. The number of benzene rings is 4. The molecule has 0 spiro atoms. The number of halogens is 1. The predicted molar refractivity (Wildman–Crippen MR) is 142 cm³/mol. The van der Waals surface area contributed by atoms with Crippen molar-refractivity contribution in [2.24, 2.45) is 0 Å². The number of hydrogen-bond donors (Lipinski definition) is 1. The molecule has 6 aromatic rings. The Hall–Kier alpha value is -4.97. The number of rotatable bonds is 6. The molecule has 12 heteroatoms. The van der Waals surface area contributed by atoms with Crippen molar-refractivity contribution in [3.8, 4) is 45.7 Å². The van der Waals surface area contributed by atoms with E-state index in [0.29, 0.717) is 22.8 Å². The zero-order chi connectivity index (χ0) is 28.8.